The van der Waals surface area contributed by atoms with Gasteiger partial charge in [-0.3, -0.25) is 4.68 Å². The second-order valence-corrected chi connectivity index (χ2v) is 4.21. The largest absolute Gasteiger partial charge is 0.377 e. The molecule has 0 amide bonds. The van der Waals surface area contributed by atoms with Crippen LogP contribution >= 0.6 is 0 Å². The van der Waals surface area contributed by atoms with Crippen molar-refractivity contribution in [3.05, 3.63) is 18.0 Å². The molecule has 98 valence electrons. The van der Waals surface area contributed by atoms with Crippen molar-refractivity contribution in [3.8, 4) is 0 Å². The van der Waals surface area contributed by atoms with Crippen LogP contribution in [0.1, 0.15) is 45.2 Å². The molecule has 1 aromatic heterocycles. The van der Waals surface area contributed by atoms with Crippen LogP contribution in [0.2, 0.25) is 0 Å². The van der Waals surface area contributed by atoms with Crippen molar-refractivity contribution in [2.75, 3.05) is 13.7 Å². The highest BCUT2D eigenvalue weighted by atomic mass is 16.5. The molecule has 0 aromatic carbocycles. The number of aryl methyl sites for hydroxylation is 1. The third-order valence-electron chi connectivity index (χ3n) is 2.93. The maximum Gasteiger partial charge on any atom is 0.0768 e. The number of aromatic nitrogens is 2. The fourth-order valence-corrected chi connectivity index (χ4v) is 2.12. The van der Waals surface area contributed by atoms with Gasteiger partial charge in [0.2, 0.25) is 0 Å². The van der Waals surface area contributed by atoms with Gasteiger partial charge in [-0.1, -0.05) is 13.8 Å². The monoisotopic (exact) mass is 239 g/mol. The number of likely N-dealkylation sites (N-methyl/N-ethyl adjacent to an activating group) is 1. The number of hydrogen-bond acceptors (Lipinski definition) is 3. The van der Waals surface area contributed by atoms with Crippen molar-refractivity contribution in [1.82, 2.24) is 15.1 Å². The molecule has 4 heteroatoms. The average Bonchev–Trinajstić information content (AvgIpc) is 2.78. The molecule has 1 N–H and O–H groups in total. The van der Waals surface area contributed by atoms with Crippen molar-refractivity contribution < 1.29 is 4.74 Å². The quantitative estimate of drug-likeness (QED) is 0.757. The molecule has 0 aliphatic rings. The molecule has 0 spiro atoms. The zero-order valence-electron chi connectivity index (χ0n) is 11.4. The summed E-state index contributed by atoms with van der Waals surface area (Å²) in [5.41, 5.74) is 1.21. The van der Waals surface area contributed by atoms with E-state index in [-0.39, 0.29) is 12.1 Å². The SMILES string of the molecule is CCCn1cc(C(NC)C(CC)OCC)cn1. The predicted octanol–water partition coefficient (Wildman–Crippen LogP) is 2.37. The summed E-state index contributed by atoms with van der Waals surface area (Å²) >= 11 is 0. The topological polar surface area (TPSA) is 39.1 Å². The Bertz CT molecular complexity index is 311. The van der Waals surface area contributed by atoms with Crippen molar-refractivity contribution in [3.63, 3.8) is 0 Å². The Hall–Kier alpha value is -0.870. The van der Waals surface area contributed by atoms with Crippen LogP contribution in [0.4, 0.5) is 0 Å². The maximum atomic E-state index is 5.77. The summed E-state index contributed by atoms with van der Waals surface area (Å²) in [6, 6.07) is 0.227. The van der Waals surface area contributed by atoms with Gasteiger partial charge in [-0.25, -0.2) is 0 Å². The van der Waals surface area contributed by atoms with E-state index in [1.165, 1.54) is 5.56 Å². The minimum atomic E-state index is 0.212. The first-order valence-electron chi connectivity index (χ1n) is 6.57. The summed E-state index contributed by atoms with van der Waals surface area (Å²) in [5.74, 6) is 0. The lowest BCUT2D eigenvalue weighted by Crippen LogP contribution is -2.31. The smallest absolute Gasteiger partial charge is 0.0768 e. The highest BCUT2D eigenvalue weighted by Gasteiger charge is 2.21. The Morgan fingerprint density at radius 1 is 1.41 bits per heavy atom. The Morgan fingerprint density at radius 3 is 2.71 bits per heavy atom. The molecular weight excluding hydrogens is 214 g/mol. The summed E-state index contributed by atoms with van der Waals surface area (Å²) in [6.45, 7) is 8.07. The van der Waals surface area contributed by atoms with E-state index in [0.29, 0.717) is 0 Å². The van der Waals surface area contributed by atoms with Crippen LogP contribution in [0, 0.1) is 0 Å². The number of rotatable bonds is 8. The van der Waals surface area contributed by atoms with Crippen molar-refractivity contribution in [1.29, 1.82) is 0 Å². The van der Waals surface area contributed by atoms with Crippen LogP contribution in [0.5, 0.6) is 0 Å². The summed E-state index contributed by atoms with van der Waals surface area (Å²) in [7, 11) is 1.98. The zero-order valence-corrected chi connectivity index (χ0v) is 11.4. The summed E-state index contributed by atoms with van der Waals surface area (Å²) < 4.78 is 7.77. The molecule has 1 heterocycles. The van der Waals surface area contributed by atoms with Gasteiger partial charge in [-0.2, -0.15) is 5.10 Å². The van der Waals surface area contributed by atoms with Gasteiger partial charge in [0.1, 0.15) is 0 Å². The highest BCUT2D eigenvalue weighted by Crippen LogP contribution is 2.20. The fraction of sp³-hybridized carbons (Fsp3) is 0.769. The highest BCUT2D eigenvalue weighted by molar-refractivity contribution is 5.12. The van der Waals surface area contributed by atoms with Crippen LogP contribution in [0.15, 0.2) is 12.4 Å². The van der Waals surface area contributed by atoms with E-state index in [1.54, 1.807) is 0 Å². The molecule has 0 fully saturated rings. The van der Waals surface area contributed by atoms with Crippen LogP contribution < -0.4 is 5.32 Å². The van der Waals surface area contributed by atoms with E-state index in [9.17, 15) is 0 Å². The molecule has 1 rings (SSSR count). The standard InChI is InChI=1S/C13H25N3O/c1-5-8-16-10-11(9-15-16)13(14-4)12(6-2)17-7-3/h9-10,12-14H,5-8H2,1-4H3. The second-order valence-electron chi connectivity index (χ2n) is 4.21. The minimum absolute atomic E-state index is 0.212. The van der Waals surface area contributed by atoms with Crippen LogP contribution in [-0.4, -0.2) is 29.5 Å². The molecule has 0 saturated carbocycles. The molecule has 0 radical (unpaired) electrons. The molecule has 0 aliphatic heterocycles. The number of nitrogens with zero attached hydrogens (tertiary/aromatic N) is 2. The van der Waals surface area contributed by atoms with Crippen LogP contribution in [0.25, 0.3) is 0 Å². The van der Waals surface area contributed by atoms with Gasteiger partial charge in [0.15, 0.2) is 0 Å². The summed E-state index contributed by atoms with van der Waals surface area (Å²) in [5, 5.41) is 7.70. The average molecular weight is 239 g/mol. The Balaban J connectivity index is 2.76. The number of nitrogens with one attached hydrogen (secondary N) is 1. The lowest BCUT2D eigenvalue weighted by Gasteiger charge is -2.24. The first-order valence-corrected chi connectivity index (χ1v) is 6.57. The van der Waals surface area contributed by atoms with E-state index in [4.69, 9.17) is 4.74 Å². The van der Waals surface area contributed by atoms with Gasteiger partial charge < -0.3 is 10.1 Å². The molecule has 4 nitrogen and oxygen atoms in total. The van der Waals surface area contributed by atoms with Gasteiger partial charge >= 0.3 is 0 Å². The Labute approximate surface area is 104 Å². The molecule has 17 heavy (non-hydrogen) atoms. The third-order valence-corrected chi connectivity index (χ3v) is 2.93. The van der Waals surface area contributed by atoms with E-state index in [2.05, 4.69) is 30.5 Å². The normalized spacial score (nSPS) is 14.8. The maximum absolute atomic E-state index is 5.77. The minimum Gasteiger partial charge on any atom is -0.377 e. The van der Waals surface area contributed by atoms with Crippen molar-refractivity contribution >= 4 is 0 Å². The number of ether oxygens (including phenoxy) is 1. The van der Waals surface area contributed by atoms with E-state index in [1.807, 2.05) is 24.9 Å². The molecular formula is C13H25N3O. The van der Waals surface area contributed by atoms with Crippen molar-refractivity contribution in [2.45, 2.75) is 52.3 Å². The van der Waals surface area contributed by atoms with Gasteiger partial charge in [-0.15, -0.1) is 0 Å². The van der Waals surface area contributed by atoms with Gasteiger partial charge in [0.05, 0.1) is 18.3 Å². The van der Waals surface area contributed by atoms with E-state index in [0.717, 1.165) is 26.0 Å². The van der Waals surface area contributed by atoms with Crippen LogP contribution in [-0.2, 0) is 11.3 Å². The molecule has 2 unspecified atom stereocenters. The third kappa shape index (κ3) is 3.82. The fourth-order valence-electron chi connectivity index (χ4n) is 2.12. The zero-order chi connectivity index (χ0) is 12.7. The molecule has 0 saturated heterocycles. The predicted molar refractivity (Wildman–Crippen MR) is 70.0 cm³/mol. The van der Waals surface area contributed by atoms with E-state index >= 15 is 0 Å². The van der Waals surface area contributed by atoms with Crippen LogP contribution in [0.3, 0.4) is 0 Å². The lowest BCUT2D eigenvalue weighted by molar-refractivity contribution is 0.0334. The Morgan fingerprint density at radius 2 is 2.18 bits per heavy atom. The van der Waals surface area contributed by atoms with Gasteiger partial charge in [0, 0.05) is 24.9 Å². The molecule has 0 bridgehead atoms. The van der Waals surface area contributed by atoms with E-state index < -0.39 is 0 Å². The summed E-state index contributed by atoms with van der Waals surface area (Å²) in [4.78, 5) is 0. The Kier molecular flexibility index (Phi) is 6.22. The van der Waals surface area contributed by atoms with Crippen molar-refractivity contribution in [2.24, 2.45) is 0 Å². The molecule has 1 aromatic rings. The van der Waals surface area contributed by atoms with Gasteiger partial charge in [0.25, 0.3) is 0 Å². The first kappa shape index (κ1) is 14.2. The number of hydrogen-bond donors (Lipinski definition) is 1. The molecule has 2 atom stereocenters. The summed E-state index contributed by atoms with van der Waals surface area (Å²) in [6.07, 6.45) is 6.38. The molecule has 0 aliphatic carbocycles. The lowest BCUT2D eigenvalue weighted by atomic mass is 10.0. The van der Waals surface area contributed by atoms with Gasteiger partial charge in [-0.05, 0) is 26.8 Å². The second kappa shape index (κ2) is 7.45. The first-order chi connectivity index (χ1) is 8.26.